The molecule has 0 aliphatic rings. The van der Waals surface area contributed by atoms with E-state index in [0.29, 0.717) is 0 Å². The predicted octanol–water partition coefficient (Wildman–Crippen LogP) is 23.2. The molecule has 0 spiro atoms. The molecule has 3 atom stereocenters. The normalized spacial score (nSPS) is 13.3. The smallest absolute Gasteiger partial charge is 0.0910 e. The summed E-state index contributed by atoms with van der Waals surface area (Å²) in [5.41, 5.74) is 0. The Morgan fingerprint density at radius 2 is 0.311 bits per heavy atom. The first kappa shape index (κ1) is 61.5. The molecule has 0 aliphatic carbocycles. The van der Waals surface area contributed by atoms with E-state index in [2.05, 4.69) is 41.5 Å². The second kappa shape index (κ2) is 53.2. The van der Waals surface area contributed by atoms with Gasteiger partial charge in [-0.2, -0.15) is 0 Å². The second-order valence-electron chi connectivity index (χ2n) is 21.6. The van der Waals surface area contributed by atoms with Crippen LogP contribution in [0.4, 0.5) is 0 Å². The van der Waals surface area contributed by atoms with Gasteiger partial charge in [0.25, 0.3) is 14.1 Å². The molecule has 0 aliphatic heterocycles. The van der Waals surface area contributed by atoms with Crippen LogP contribution in [0.25, 0.3) is 0 Å². The second-order valence-corrected chi connectivity index (χ2v) is 24.8. The first-order valence-corrected chi connectivity index (χ1v) is 32.6. The van der Waals surface area contributed by atoms with E-state index in [9.17, 15) is 0 Å². The maximum absolute atomic E-state index is 2.41. The first-order chi connectivity index (χ1) is 30.1. The summed E-state index contributed by atoms with van der Waals surface area (Å²) in [5, 5.41) is 5.16. The van der Waals surface area contributed by atoms with Crippen LogP contribution in [0.1, 0.15) is 350 Å². The quantitative estimate of drug-likeness (QED) is 0.0422. The fourth-order valence-electron chi connectivity index (χ4n) is 11.2. The number of rotatable bonds is 54. The van der Waals surface area contributed by atoms with E-state index in [1.165, 1.54) is 270 Å². The van der Waals surface area contributed by atoms with Crippen molar-refractivity contribution in [3.8, 4) is 0 Å². The highest BCUT2D eigenvalue weighted by atomic mass is 27.2. The highest BCUT2D eigenvalue weighted by Gasteiger charge is 2.28. The van der Waals surface area contributed by atoms with E-state index in [-0.39, 0.29) is 0 Å². The third-order valence-corrected chi connectivity index (χ3v) is 19.3. The summed E-state index contributed by atoms with van der Waals surface area (Å²) in [6.45, 7) is 14.3. The van der Waals surface area contributed by atoms with Crippen LogP contribution in [0, 0.1) is 17.8 Å². The van der Waals surface area contributed by atoms with Gasteiger partial charge in [-0.1, -0.05) is 383 Å². The Hall–Kier alpha value is 0.532. The van der Waals surface area contributed by atoms with Crippen LogP contribution in [0.15, 0.2) is 0 Å². The molecule has 0 saturated heterocycles. The summed E-state index contributed by atoms with van der Waals surface area (Å²) in [6.07, 6.45) is 71.5. The lowest BCUT2D eigenvalue weighted by atomic mass is 9.95. The Morgan fingerprint density at radius 3 is 0.475 bits per heavy atom. The van der Waals surface area contributed by atoms with Crippen molar-refractivity contribution in [2.45, 2.75) is 366 Å². The average Bonchev–Trinajstić information content (AvgIpc) is 3.26. The van der Waals surface area contributed by atoms with Crippen LogP contribution >= 0.6 is 0 Å². The van der Waals surface area contributed by atoms with Gasteiger partial charge in [-0.3, -0.25) is 0 Å². The SMILES string of the molecule is CCCCCCCCCCCCC(CCCCCC)[CH2][Al]([CH2]C(CCCCCC)CCCCCCCCCCCC)[CH2]C(CCCCCC)CCCCCCCCCCCC. The molecule has 0 aromatic rings. The molecule has 366 valence electrons. The monoisotopic (exact) mass is 871 g/mol. The zero-order chi connectivity index (χ0) is 44.4. The topological polar surface area (TPSA) is 0 Å². The standard InChI is InChI=1S/3C20H41.Al/c3*1-4-6-8-10-11-12-13-14-15-17-19-20(3)18-16-9-7-5-2;/h3*20H,3-19H2,1-2H3;. The van der Waals surface area contributed by atoms with Crippen LogP contribution in [0.5, 0.6) is 0 Å². The first-order valence-electron chi connectivity index (χ1n) is 30.1. The van der Waals surface area contributed by atoms with Gasteiger partial charge in [0, 0.05) is 0 Å². The van der Waals surface area contributed by atoms with Crippen LogP contribution in [-0.4, -0.2) is 14.1 Å². The number of hydrogen-bond acceptors (Lipinski definition) is 0. The minimum atomic E-state index is -0.837. The van der Waals surface area contributed by atoms with Crippen molar-refractivity contribution in [3.05, 3.63) is 0 Å². The van der Waals surface area contributed by atoms with Crippen LogP contribution in [0.3, 0.4) is 0 Å². The molecule has 0 nitrogen and oxygen atoms in total. The molecule has 61 heavy (non-hydrogen) atoms. The van der Waals surface area contributed by atoms with Gasteiger partial charge in [0.2, 0.25) is 0 Å². The van der Waals surface area contributed by atoms with Crippen molar-refractivity contribution < 1.29 is 0 Å². The van der Waals surface area contributed by atoms with Crippen molar-refractivity contribution in [2.75, 3.05) is 0 Å². The zero-order valence-corrected chi connectivity index (χ0v) is 45.5. The summed E-state index contributed by atoms with van der Waals surface area (Å²) < 4.78 is 0. The summed E-state index contributed by atoms with van der Waals surface area (Å²) in [5.74, 6) is 3.16. The third-order valence-electron chi connectivity index (χ3n) is 15.3. The van der Waals surface area contributed by atoms with Crippen molar-refractivity contribution in [2.24, 2.45) is 17.8 Å². The fraction of sp³-hybridized carbons (Fsp3) is 1.00. The van der Waals surface area contributed by atoms with Crippen molar-refractivity contribution in [1.82, 2.24) is 0 Å². The van der Waals surface area contributed by atoms with Gasteiger partial charge in [0.1, 0.15) is 0 Å². The molecule has 0 aromatic heterocycles. The molecule has 0 heterocycles. The molecule has 0 amide bonds. The summed E-state index contributed by atoms with van der Waals surface area (Å²) in [6, 6.07) is 0. The minimum Gasteiger partial charge on any atom is -0.0910 e. The molecule has 0 radical (unpaired) electrons. The van der Waals surface area contributed by atoms with Crippen LogP contribution < -0.4 is 0 Å². The molecular weight excluding hydrogens is 748 g/mol. The molecule has 0 aromatic carbocycles. The fourth-order valence-corrected chi connectivity index (χ4v) is 16.0. The largest absolute Gasteiger partial charge is 0.262 e. The third kappa shape index (κ3) is 46.9. The summed E-state index contributed by atoms with van der Waals surface area (Å²) in [7, 11) is 0. The minimum absolute atomic E-state index is 0.837. The Bertz CT molecular complexity index is 661. The molecular formula is C60H123Al. The van der Waals surface area contributed by atoms with Crippen LogP contribution in [-0.2, 0) is 0 Å². The van der Waals surface area contributed by atoms with Crippen molar-refractivity contribution in [3.63, 3.8) is 0 Å². The highest BCUT2D eigenvalue weighted by molar-refractivity contribution is 6.59. The van der Waals surface area contributed by atoms with Gasteiger partial charge in [0.05, 0.1) is 0 Å². The lowest BCUT2D eigenvalue weighted by Gasteiger charge is -2.28. The Labute approximate surface area is 395 Å². The average molecular weight is 872 g/mol. The lowest BCUT2D eigenvalue weighted by molar-refractivity contribution is 0.404. The Balaban J connectivity index is 5.79. The highest BCUT2D eigenvalue weighted by Crippen LogP contribution is 2.35. The molecule has 1 heteroatoms. The van der Waals surface area contributed by atoms with E-state index in [1.807, 2.05) is 0 Å². The van der Waals surface area contributed by atoms with Gasteiger partial charge < -0.3 is 0 Å². The van der Waals surface area contributed by atoms with Crippen molar-refractivity contribution in [1.29, 1.82) is 0 Å². The van der Waals surface area contributed by atoms with Crippen LogP contribution in [0.2, 0.25) is 15.8 Å². The molecule has 0 saturated carbocycles. The van der Waals surface area contributed by atoms with E-state index < -0.39 is 14.1 Å². The summed E-state index contributed by atoms with van der Waals surface area (Å²) in [4.78, 5) is 0. The summed E-state index contributed by atoms with van der Waals surface area (Å²) >= 11 is -0.837. The Morgan fingerprint density at radius 1 is 0.180 bits per heavy atom. The van der Waals surface area contributed by atoms with Gasteiger partial charge in [-0.15, -0.1) is 0 Å². The molecule has 3 unspecified atom stereocenters. The van der Waals surface area contributed by atoms with E-state index in [1.54, 1.807) is 54.4 Å². The van der Waals surface area contributed by atoms with Gasteiger partial charge in [-0.05, 0) is 0 Å². The van der Waals surface area contributed by atoms with Gasteiger partial charge >= 0.3 is 0 Å². The van der Waals surface area contributed by atoms with E-state index >= 15 is 0 Å². The molecule has 0 fully saturated rings. The zero-order valence-electron chi connectivity index (χ0n) is 44.4. The van der Waals surface area contributed by atoms with Crippen molar-refractivity contribution >= 4 is 14.1 Å². The van der Waals surface area contributed by atoms with Gasteiger partial charge in [0.15, 0.2) is 0 Å². The predicted molar refractivity (Wildman–Crippen MR) is 286 cm³/mol. The van der Waals surface area contributed by atoms with E-state index in [4.69, 9.17) is 0 Å². The molecule has 0 N–H and O–H groups in total. The van der Waals surface area contributed by atoms with Gasteiger partial charge in [-0.25, -0.2) is 0 Å². The maximum Gasteiger partial charge on any atom is 0.262 e. The number of hydrogen-bond donors (Lipinski definition) is 0. The maximum atomic E-state index is 2.41. The molecule has 0 bridgehead atoms. The Kier molecular flexibility index (Phi) is 53.6. The van der Waals surface area contributed by atoms with E-state index in [0.717, 1.165) is 17.8 Å². The molecule has 0 rings (SSSR count). The lowest BCUT2D eigenvalue weighted by Crippen LogP contribution is -2.25. The number of unbranched alkanes of at least 4 members (excludes halogenated alkanes) is 36.